The van der Waals surface area contributed by atoms with Crippen molar-refractivity contribution in [1.82, 2.24) is 0 Å². The Labute approximate surface area is 112 Å². The zero-order valence-electron chi connectivity index (χ0n) is 8.99. The van der Waals surface area contributed by atoms with E-state index < -0.39 is 5.97 Å². The molecule has 0 aliphatic carbocycles. The van der Waals surface area contributed by atoms with Gasteiger partial charge in [-0.15, -0.1) is 0 Å². The van der Waals surface area contributed by atoms with Crippen LogP contribution in [0, 0.1) is 11.8 Å². The van der Waals surface area contributed by atoms with Crippen molar-refractivity contribution in [3.63, 3.8) is 0 Å². The lowest BCUT2D eigenvalue weighted by Crippen LogP contribution is -1.96. The molecule has 88 valence electrons. The molecule has 1 rings (SSSR count). The van der Waals surface area contributed by atoms with E-state index in [1.165, 1.54) is 19.1 Å². The molecule has 0 saturated carbocycles. The molecule has 0 radical (unpaired) electrons. The van der Waals surface area contributed by atoms with E-state index in [1.807, 2.05) is 0 Å². The molecule has 0 atom stereocenters. The number of carboxylic acid groups (broad SMARTS) is 1. The molecule has 0 saturated heterocycles. The molecular formula is C12H9BrO3S. The molecule has 0 aliphatic heterocycles. The molecule has 1 aromatic rings. The van der Waals surface area contributed by atoms with Gasteiger partial charge in [-0.2, -0.15) is 0 Å². The Morgan fingerprint density at radius 2 is 2.12 bits per heavy atom. The van der Waals surface area contributed by atoms with Gasteiger partial charge in [0.15, 0.2) is 5.12 Å². The highest BCUT2D eigenvalue weighted by Crippen LogP contribution is 2.15. The van der Waals surface area contributed by atoms with Crippen LogP contribution in [0.25, 0.3) is 0 Å². The first-order valence-electron chi connectivity index (χ1n) is 4.65. The molecular weight excluding hydrogens is 304 g/mol. The van der Waals surface area contributed by atoms with Crippen molar-refractivity contribution in [2.75, 3.05) is 5.75 Å². The Hall–Kier alpha value is -1.25. The number of benzene rings is 1. The third-order valence-electron chi connectivity index (χ3n) is 1.73. The van der Waals surface area contributed by atoms with Crippen molar-refractivity contribution in [2.24, 2.45) is 0 Å². The second kappa shape index (κ2) is 6.48. The van der Waals surface area contributed by atoms with Gasteiger partial charge in [0, 0.05) is 17.0 Å². The third kappa shape index (κ3) is 5.07. The number of thioether (sulfide) groups is 1. The Morgan fingerprint density at radius 3 is 2.71 bits per heavy atom. The highest BCUT2D eigenvalue weighted by atomic mass is 79.9. The molecule has 1 N–H and O–H groups in total. The number of hydrogen-bond donors (Lipinski definition) is 1. The minimum absolute atomic E-state index is 0.0137. The third-order valence-corrected chi connectivity index (χ3v) is 2.88. The lowest BCUT2D eigenvalue weighted by atomic mass is 10.1. The van der Waals surface area contributed by atoms with Crippen molar-refractivity contribution in [3.8, 4) is 11.8 Å². The molecule has 0 aromatic heterocycles. The van der Waals surface area contributed by atoms with E-state index in [-0.39, 0.29) is 10.7 Å². The monoisotopic (exact) mass is 312 g/mol. The topological polar surface area (TPSA) is 54.4 Å². The quantitative estimate of drug-likeness (QED) is 0.853. The van der Waals surface area contributed by atoms with E-state index in [1.54, 1.807) is 6.07 Å². The van der Waals surface area contributed by atoms with Gasteiger partial charge in [0.2, 0.25) is 0 Å². The van der Waals surface area contributed by atoms with Crippen molar-refractivity contribution < 1.29 is 14.7 Å². The van der Waals surface area contributed by atoms with Crippen LogP contribution in [0.2, 0.25) is 0 Å². The van der Waals surface area contributed by atoms with E-state index in [4.69, 9.17) is 5.11 Å². The van der Waals surface area contributed by atoms with Crippen LogP contribution in [0.4, 0.5) is 0 Å². The van der Waals surface area contributed by atoms with Gasteiger partial charge < -0.3 is 5.11 Å². The summed E-state index contributed by atoms with van der Waals surface area (Å²) in [6, 6.07) is 4.74. The van der Waals surface area contributed by atoms with Crippen LogP contribution in [0.3, 0.4) is 0 Å². The SMILES string of the molecule is CC(=O)SCC#Cc1cc(Br)cc(C(=O)O)c1. The fourth-order valence-electron chi connectivity index (χ4n) is 1.06. The van der Waals surface area contributed by atoms with Crippen LogP contribution < -0.4 is 0 Å². The molecule has 0 bridgehead atoms. The second-order valence-electron chi connectivity index (χ2n) is 3.12. The number of aromatic carboxylic acids is 1. The zero-order chi connectivity index (χ0) is 12.8. The van der Waals surface area contributed by atoms with Gasteiger partial charge in [0.25, 0.3) is 0 Å². The van der Waals surface area contributed by atoms with E-state index in [0.29, 0.717) is 15.8 Å². The standard InChI is InChI=1S/C12H9BrO3S/c1-8(14)17-4-2-3-9-5-10(12(15)16)7-11(13)6-9/h5-7H,4H2,1H3,(H,15,16). The van der Waals surface area contributed by atoms with Gasteiger partial charge in [0.1, 0.15) is 0 Å². The molecule has 0 amide bonds. The van der Waals surface area contributed by atoms with Crippen LogP contribution in [-0.4, -0.2) is 21.9 Å². The Morgan fingerprint density at radius 1 is 1.41 bits per heavy atom. The minimum atomic E-state index is -0.993. The van der Waals surface area contributed by atoms with Crippen LogP contribution in [0.1, 0.15) is 22.8 Å². The summed E-state index contributed by atoms with van der Waals surface area (Å²) >= 11 is 4.35. The van der Waals surface area contributed by atoms with Crippen molar-refractivity contribution >= 4 is 38.8 Å². The van der Waals surface area contributed by atoms with E-state index in [0.717, 1.165) is 11.8 Å². The van der Waals surface area contributed by atoms with Crippen molar-refractivity contribution in [3.05, 3.63) is 33.8 Å². The van der Waals surface area contributed by atoms with Crippen molar-refractivity contribution in [1.29, 1.82) is 0 Å². The Kier molecular flexibility index (Phi) is 5.26. The summed E-state index contributed by atoms with van der Waals surface area (Å²) in [5.41, 5.74) is 0.795. The molecule has 0 unspecified atom stereocenters. The average molecular weight is 313 g/mol. The minimum Gasteiger partial charge on any atom is -0.478 e. The zero-order valence-corrected chi connectivity index (χ0v) is 11.4. The summed E-state index contributed by atoms with van der Waals surface area (Å²) in [4.78, 5) is 21.5. The first kappa shape index (κ1) is 13.8. The van der Waals surface area contributed by atoms with Crippen LogP contribution in [0.5, 0.6) is 0 Å². The normalized spacial score (nSPS) is 9.29. The molecule has 5 heteroatoms. The van der Waals surface area contributed by atoms with Gasteiger partial charge in [-0.1, -0.05) is 39.5 Å². The van der Waals surface area contributed by atoms with Gasteiger partial charge in [-0.3, -0.25) is 4.79 Å². The van der Waals surface area contributed by atoms with Crippen LogP contribution >= 0.6 is 27.7 Å². The van der Waals surface area contributed by atoms with Gasteiger partial charge in [-0.05, 0) is 18.2 Å². The maximum Gasteiger partial charge on any atom is 0.335 e. The number of carbonyl (C=O) groups excluding carboxylic acids is 1. The molecule has 1 aromatic carbocycles. The molecule has 0 fully saturated rings. The molecule has 0 aliphatic rings. The van der Waals surface area contributed by atoms with Gasteiger partial charge >= 0.3 is 5.97 Å². The predicted octanol–water partition coefficient (Wildman–Crippen LogP) is 2.78. The molecule has 3 nitrogen and oxygen atoms in total. The Balaban J connectivity index is 2.84. The first-order chi connectivity index (χ1) is 7.99. The molecule has 0 heterocycles. The number of carboxylic acids is 1. The number of carbonyl (C=O) groups is 2. The second-order valence-corrected chi connectivity index (χ2v) is 5.18. The lowest BCUT2D eigenvalue weighted by Gasteiger charge is -1.97. The number of hydrogen-bond acceptors (Lipinski definition) is 3. The Bertz CT molecular complexity index is 514. The van der Waals surface area contributed by atoms with Gasteiger partial charge in [0.05, 0.1) is 11.3 Å². The largest absolute Gasteiger partial charge is 0.478 e. The van der Waals surface area contributed by atoms with Crippen LogP contribution in [0.15, 0.2) is 22.7 Å². The smallest absolute Gasteiger partial charge is 0.335 e. The summed E-state index contributed by atoms with van der Waals surface area (Å²) in [5, 5.41) is 8.87. The molecule has 17 heavy (non-hydrogen) atoms. The number of halogens is 1. The average Bonchev–Trinajstić information content (AvgIpc) is 2.23. The predicted molar refractivity (Wildman–Crippen MR) is 71.1 cm³/mol. The highest BCUT2D eigenvalue weighted by molar-refractivity contribution is 9.10. The van der Waals surface area contributed by atoms with E-state index >= 15 is 0 Å². The highest BCUT2D eigenvalue weighted by Gasteiger charge is 2.04. The van der Waals surface area contributed by atoms with Crippen molar-refractivity contribution in [2.45, 2.75) is 6.92 Å². The summed E-state index contributed by atoms with van der Waals surface area (Å²) < 4.78 is 0.668. The maximum atomic E-state index is 10.8. The number of rotatable bonds is 2. The van der Waals surface area contributed by atoms with E-state index in [9.17, 15) is 9.59 Å². The fourth-order valence-corrected chi connectivity index (χ4v) is 1.90. The van der Waals surface area contributed by atoms with Crippen LogP contribution in [-0.2, 0) is 4.79 Å². The fraction of sp³-hybridized carbons (Fsp3) is 0.167. The summed E-state index contributed by atoms with van der Waals surface area (Å²) in [6.07, 6.45) is 0. The first-order valence-corrected chi connectivity index (χ1v) is 6.43. The van der Waals surface area contributed by atoms with E-state index in [2.05, 4.69) is 27.8 Å². The summed E-state index contributed by atoms with van der Waals surface area (Å²) in [5.74, 6) is 5.04. The summed E-state index contributed by atoms with van der Waals surface area (Å²) in [6.45, 7) is 1.48. The summed E-state index contributed by atoms with van der Waals surface area (Å²) in [7, 11) is 0. The maximum absolute atomic E-state index is 10.8. The lowest BCUT2D eigenvalue weighted by molar-refractivity contribution is -0.109. The van der Waals surface area contributed by atoms with Gasteiger partial charge in [-0.25, -0.2) is 4.79 Å². The molecule has 0 spiro atoms.